The average Bonchev–Trinajstić information content (AvgIpc) is 2.47. The van der Waals surface area contributed by atoms with Crippen LogP contribution in [0.25, 0.3) is 0 Å². The van der Waals surface area contributed by atoms with Crippen molar-refractivity contribution in [2.45, 2.75) is 26.2 Å². The lowest BCUT2D eigenvalue weighted by Crippen LogP contribution is -2.38. The number of nitro benzene ring substituents is 1. The minimum atomic E-state index is -0.454. The maximum atomic E-state index is 12.2. The molecule has 1 saturated heterocycles. The molecule has 5 heteroatoms. The van der Waals surface area contributed by atoms with Gasteiger partial charge in [0.25, 0.3) is 5.69 Å². The number of piperidine rings is 1. The SMILES string of the molecule is CCC1CCCN(CC(=O)c2ccc([N+](=O)[O-])cc2)C1. The van der Waals surface area contributed by atoms with Crippen molar-refractivity contribution in [3.05, 3.63) is 39.9 Å². The second-order valence-corrected chi connectivity index (χ2v) is 5.38. The molecule has 0 radical (unpaired) electrons. The smallest absolute Gasteiger partial charge is 0.269 e. The Bertz CT molecular complexity index is 484. The molecule has 1 fully saturated rings. The van der Waals surface area contributed by atoms with Gasteiger partial charge in [-0.3, -0.25) is 19.8 Å². The molecule has 2 rings (SSSR count). The van der Waals surface area contributed by atoms with Crippen LogP contribution in [-0.4, -0.2) is 35.2 Å². The predicted molar refractivity (Wildman–Crippen MR) is 76.9 cm³/mol. The van der Waals surface area contributed by atoms with Crippen LogP contribution in [0.4, 0.5) is 5.69 Å². The van der Waals surface area contributed by atoms with Crippen molar-refractivity contribution >= 4 is 11.5 Å². The molecule has 5 nitrogen and oxygen atoms in total. The summed E-state index contributed by atoms with van der Waals surface area (Å²) < 4.78 is 0. The van der Waals surface area contributed by atoms with Crippen LogP contribution in [-0.2, 0) is 0 Å². The average molecular weight is 276 g/mol. The fraction of sp³-hybridized carbons (Fsp3) is 0.533. The number of likely N-dealkylation sites (tertiary alicyclic amines) is 1. The lowest BCUT2D eigenvalue weighted by Gasteiger charge is -2.31. The number of hydrogen-bond acceptors (Lipinski definition) is 4. The first-order valence-corrected chi connectivity index (χ1v) is 7.10. The van der Waals surface area contributed by atoms with E-state index < -0.39 is 4.92 Å². The van der Waals surface area contributed by atoms with E-state index in [0.717, 1.165) is 25.9 Å². The highest BCUT2D eigenvalue weighted by Gasteiger charge is 2.21. The molecule has 0 spiro atoms. The molecule has 1 aromatic carbocycles. The van der Waals surface area contributed by atoms with Gasteiger partial charge < -0.3 is 0 Å². The van der Waals surface area contributed by atoms with Gasteiger partial charge in [-0.1, -0.05) is 13.3 Å². The molecular weight excluding hydrogens is 256 g/mol. The van der Waals surface area contributed by atoms with E-state index in [0.29, 0.717) is 18.0 Å². The molecule has 1 atom stereocenters. The normalized spacial score (nSPS) is 19.8. The maximum absolute atomic E-state index is 12.2. The van der Waals surface area contributed by atoms with Gasteiger partial charge in [-0.15, -0.1) is 0 Å². The Labute approximate surface area is 118 Å². The second kappa shape index (κ2) is 6.61. The molecule has 108 valence electrons. The van der Waals surface area contributed by atoms with Crippen molar-refractivity contribution in [1.82, 2.24) is 4.90 Å². The minimum absolute atomic E-state index is 0.0190. The third-order valence-electron chi connectivity index (χ3n) is 3.95. The molecule has 1 aliphatic rings. The van der Waals surface area contributed by atoms with Gasteiger partial charge in [-0.2, -0.15) is 0 Å². The summed E-state index contributed by atoms with van der Waals surface area (Å²) in [5.41, 5.74) is 0.569. The highest BCUT2D eigenvalue weighted by Crippen LogP contribution is 2.19. The molecule has 20 heavy (non-hydrogen) atoms. The summed E-state index contributed by atoms with van der Waals surface area (Å²) in [6.07, 6.45) is 3.55. The summed E-state index contributed by atoms with van der Waals surface area (Å²) in [4.78, 5) is 24.5. The van der Waals surface area contributed by atoms with Gasteiger partial charge in [0.15, 0.2) is 5.78 Å². The van der Waals surface area contributed by atoms with Crippen LogP contribution in [0.15, 0.2) is 24.3 Å². The highest BCUT2D eigenvalue weighted by atomic mass is 16.6. The summed E-state index contributed by atoms with van der Waals surface area (Å²) >= 11 is 0. The first-order valence-electron chi connectivity index (χ1n) is 7.10. The Balaban J connectivity index is 1.95. The molecule has 0 aliphatic carbocycles. The van der Waals surface area contributed by atoms with Gasteiger partial charge in [-0.25, -0.2) is 0 Å². The minimum Gasteiger partial charge on any atom is -0.296 e. The summed E-state index contributed by atoms with van der Waals surface area (Å²) in [5.74, 6) is 0.727. The molecule has 1 heterocycles. The second-order valence-electron chi connectivity index (χ2n) is 5.38. The van der Waals surface area contributed by atoms with Crippen molar-refractivity contribution in [1.29, 1.82) is 0 Å². The Morgan fingerprint density at radius 1 is 1.40 bits per heavy atom. The van der Waals surface area contributed by atoms with E-state index in [4.69, 9.17) is 0 Å². The maximum Gasteiger partial charge on any atom is 0.269 e. The Morgan fingerprint density at radius 2 is 2.10 bits per heavy atom. The topological polar surface area (TPSA) is 63.5 Å². The van der Waals surface area contributed by atoms with Gasteiger partial charge >= 0.3 is 0 Å². The van der Waals surface area contributed by atoms with E-state index >= 15 is 0 Å². The van der Waals surface area contributed by atoms with E-state index in [2.05, 4.69) is 11.8 Å². The molecule has 0 aromatic heterocycles. The Morgan fingerprint density at radius 3 is 2.70 bits per heavy atom. The summed E-state index contributed by atoms with van der Waals surface area (Å²) in [6, 6.07) is 5.86. The summed E-state index contributed by atoms with van der Waals surface area (Å²) in [6.45, 7) is 4.55. The van der Waals surface area contributed by atoms with Crippen LogP contribution in [0.2, 0.25) is 0 Å². The highest BCUT2D eigenvalue weighted by molar-refractivity contribution is 5.97. The third kappa shape index (κ3) is 3.63. The van der Waals surface area contributed by atoms with Crippen LogP contribution in [0.5, 0.6) is 0 Å². The first-order chi connectivity index (χ1) is 9.60. The van der Waals surface area contributed by atoms with Crippen LogP contribution in [0.3, 0.4) is 0 Å². The monoisotopic (exact) mass is 276 g/mol. The number of hydrogen-bond donors (Lipinski definition) is 0. The van der Waals surface area contributed by atoms with Gasteiger partial charge in [0.1, 0.15) is 0 Å². The standard InChI is InChI=1S/C15H20N2O3/c1-2-12-4-3-9-16(10-12)11-15(18)13-5-7-14(8-6-13)17(19)20/h5-8,12H,2-4,9-11H2,1H3. The zero-order valence-electron chi connectivity index (χ0n) is 11.7. The van der Waals surface area contributed by atoms with E-state index in [-0.39, 0.29) is 11.5 Å². The van der Waals surface area contributed by atoms with Gasteiger partial charge in [0.2, 0.25) is 0 Å². The molecule has 0 amide bonds. The lowest BCUT2D eigenvalue weighted by atomic mass is 9.95. The fourth-order valence-corrected chi connectivity index (χ4v) is 2.69. The number of rotatable bonds is 5. The zero-order chi connectivity index (χ0) is 14.5. The van der Waals surface area contributed by atoms with Crippen molar-refractivity contribution in [3.8, 4) is 0 Å². The van der Waals surface area contributed by atoms with E-state index in [1.165, 1.54) is 18.6 Å². The zero-order valence-corrected chi connectivity index (χ0v) is 11.7. The number of carbonyl (C=O) groups is 1. The molecule has 0 bridgehead atoms. The van der Waals surface area contributed by atoms with Crippen LogP contribution < -0.4 is 0 Å². The Hall–Kier alpha value is -1.75. The number of Topliss-reactive ketones (excluding diaryl/α,β-unsaturated/α-hetero) is 1. The first kappa shape index (κ1) is 14.7. The quantitative estimate of drug-likeness (QED) is 0.471. The summed E-state index contributed by atoms with van der Waals surface area (Å²) in [5, 5.41) is 10.6. The molecule has 0 N–H and O–H groups in total. The van der Waals surface area contributed by atoms with Crippen LogP contribution >= 0.6 is 0 Å². The van der Waals surface area contributed by atoms with E-state index in [9.17, 15) is 14.9 Å². The number of non-ortho nitro benzene ring substituents is 1. The number of benzene rings is 1. The number of nitrogens with zero attached hydrogens (tertiary/aromatic N) is 2. The van der Waals surface area contributed by atoms with Gasteiger partial charge in [0, 0.05) is 24.2 Å². The number of nitro groups is 1. The van der Waals surface area contributed by atoms with Crippen LogP contribution in [0, 0.1) is 16.0 Å². The van der Waals surface area contributed by atoms with Crippen LogP contribution in [0.1, 0.15) is 36.5 Å². The van der Waals surface area contributed by atoms with E-state index in [1.54, 1.807) is 12.1 Å². The van der Waals surface area contributed by atoms with Gasteiger partial charge in [-0.05, 0) is 37.4 Å². The Kier molecular flexibility index (Phi) is 4.84. The van der Waals surface area contributed by atoms with Gasteiger partial charge in [0.05, 0.1) is 11.5 Å². The molecule has 1 aromatic rings. The third-order valence-corrected chi connectivity index (χ3v) is 3.95. The largest absolute Gasteiger partial charge is 0.296 e. The predicted octanol–water partition coefficient (Wildman–Crippen LogP) is 2.90. The fourth-order valence-electron chi connectivity index (χ4n) is 2.69. The number of ketones is 1. The van der Waals surface area contributed by atoms with Crippen molar-refractivity contribution < 1.29 is 9.72 Å². The molecule has 0 saturated carbocycles. The van der Waals surface area contributed by atoms with E-state index in [1.807, 2.05) is 0 Å². The summed E-state index contributed by atoms with van der Waals surface area (Å²) in [7, 11) is 0. The van der Waals surface area contributed by atoms with Crippen molar-refractivity contribution in [3.63, 3.8) is 0 Å². The lowest BCUT2D eigenvalue weighted by molar-refractivity contribution is -0.384. The molecule has 1 aliphatic heterocycles. The molecule has 1 unspecified atom stereocenters. The number of carbonyl (C=O) groups excluding carboxylic acids is 1. The van der Waals surface area contributed by atoms with Crippen molar-refractivity contribution in [2.24, 2.45) is 5.92 Å². The molecular formula is C15H20N2O3. The van der Waals surface area contributed by atoms with Crippen molar-refractivity contribution in [2.75, 3.05) is 19.6 Å².